The lowest BCUT2D eigenvalue weighted by atomic mass is 9.96. The third-order valence-electron chi connectivity index (χ3n) is 5.41. The number of nitrogens with zero attached hydrogens (tertiary/aromatic N) is 2. The molecule has 2 amide bonds. The smallest absolute Gasteiger partial charge is 0.262 e. The third-order valence-corrected chi connectivity index (χ3v) is 5.73. The highest BCUT2D eigenvalue weighted by molar-refractivity contribution is 7.71. The van der Waals surface area contributed by atoms with E-state index in [2.05, 4.69) is 4.98 Å². The summed E-state index contributed by atoms with van der Waals surface area (Å²) in [4.78, 5) is 41.0. The number of likely N-dealkylation sites (tertiary alicyclic amines) is 1. The molecule has 28 heavy (non-hydrogen) atoms. The van der Waals surface area contributed by atoms with Crippen LogP contribution in [0.3, 0.4) is 0 Å². The van der Waals surface area contributed by atoms with Gasteiger partial charge in [0.1, 0.15) is 0 Å². The number of benzene rings is 1. The minimum Gasteiger partial charge on any atom is -0.369 e. The Morgan fingerprint density at radius 1 is 1.14 bits per heavy atom. The Morgan fingerprint density at radius 3 is 2.57 bits per heavy atom. The number of piperidine rings is 1. The Kier molecular flexibility index (Phi) is 6.61. The van der Waals surface area contributed by atoms with Gasteiger partial charge in [0.15, 0.2) is 4.77 Å². The molecule has 3 rings (SSSR count). The van der Waals surface area contributed by atoms with Gasteiger partial charge >= 0.3 is 0 Å². The summed E-state index contributed by atoms with van der Waals surface area (Å²) in [6.07, 6.45) is 4.20. The van der Waals surface area contributed by atoms with Crippen molar-refractivity contribution in [2.75, 3.05) is 13.1 Å². The highest BCUT2D eigenvalue weighted by Crippen LogP contribution is 2.18. The van der Waals surface area contributed by atoms with Crippen molar-refractivity contribution < 1.29 is 9.59 Å². The molecule has 3 N–H and O–H groups in total. The molecule has 1 aromatic heterocycles. The van der Waals surface area contributed by atoms with E-state index in [9.17, 15) is 14.4 Å². The lowest BCUT2D eigenvalue weighted by Crippen LogP contribution is -2.41. The Labute approximate surface area is 168 Å². The van der Waals surface area contributed by atoms with Crippen molar-refractivity contribution in [3.8, 4) is 0 Å². The topological polar surface area (TPSA) is 101 Å². The van der Waals surface area contributed by atoms with Crippen LogP contribution in [0.5, 0.6) is 0 Å². The summed E-state index contributed by atoms with van der Waals surface area (Å²) >= 11 is 5.31. The van der Waals surface area contributed by atoms with Crippen molar-refractivity contribution in [3.05, 3.63) is 39.4 Å². The van der Waals surface area contributed by atoms with E-state index in [0.29, 0.717) is 49.1 Å². The van der Waals surface area contributed by atoms with Crippen molar-refractivity contribution in [2.45, 2.75) is 45.1 Å². The van der Waals surface area contributed by atoms with Gasteiger partial charge < -0.3 is 15.6 Å². The summed E-state index contributed by atoms with van der Waals surface area (Å²) in [6, 6.07) is 7.34. The normalized spacial score (nSPS) is 15.1. The Morgan fingerprint density at radius 2 is 1.86 bits per heavy atom. The Hall–Kier alpha value is -2.48. The summed E-state index contributed by atoms with van der Waals surface area (Å²) in [5, 5.41) is 0.630. The van der Waals surface area contributed by atoms with Gasteiger partial charge in [0, 0.05) is 32.0 Å². The number of nitrogens with one attached hydrogen (secondary N) is 1. The van der Waals surface area contributed by atoms with Crippen LogP contribution in [0.2, 0.25) is 0 Å². The van der Waals surface area contributed by atoms with Crippen LogP contribution in [-0.2, 0) is 16.1 Å². The Balaban J connectivity index is 1.45. The predicted octanol–water partition coefficient (Wildman–Crippen LogP) is 2.34. The molecule has 1 aromatic carbocycles. The maximum absolute atomic E-state index is 12.6. The number of primary amides is 1. The zero-order valence-electron chi connectivity index (χ0n) is 15.9. The minimum atomic E-state index is -0.269. The first-order valence-corrected chi connectivity index (χ1v) is 10.2. The zero-order valence-corrected chi connectivity index (χ0v) is 16.7. The summed E-state index contributed by atoms with van der Waals surface area (Å²) in [5.41, 5.74) is 6.00. The van der Waals surface area contributed by atoms with Gasteiger partial charge in [-0.1, -0.05) is 18.6 Å². The number of aromatic amines is 1. The number of H-pyrrole nitrogens is 1. The largest absolute Gasteiger partial charge is 0.369 e. The van der Waals surface area contributed by atoms with Crippen molar-refractivity contribution in [1.29, 1.82) is 0 Å². The number of fused-ring (bicyclic) bond motifs is 1. The monoisotopic (exact) mass is 402 g/mol. The van der Waals surface area contributed by atoms with E-state index in [0.717, 1.165) is 24.8 Å². The van der Waals surface area contributed by atoms with Crippen LogP contribution in [0.25, 0.3) is 10.9 Å². The second-order valence-electron chi connectivity index (χ2n) is 7.30. The molecular formula is C20H26N4O3S. The molecule has 0 atom stereocenters. The van der Waals surface area contributed by atoms with Gasteiger partial charge in [-0.3, -0.25) is 19.0 Å². The van der Waals surface area contributed by atoms with Gasteiger partial charge in [-0.2, -0.15) is 0 Å². The summed E-state index contributed by atoms with van der Waals surface area (Å²) in [5.74, 6) is -0.244. The molecule has 1 fully saturated rings. The minimum absolute atomic E-state index is 0.0762. The lowest BCUT2D eigenvalue weighted by Gasteiger charge is -2.30. The SMILES string of the molecule is NC(=O)C1CCN(C(=O)CCCCCn2c(=S)[nH]c3ccccc3c2=O)CC1. The number of hydrogen-bond donors (Lipinski definition) is 2. The third kappa shape index (κ3) is 4.67. The molecule has 0 radical (unpaired) electrons. The van der Waals surface area contributed by atoms with Crippen LogP contribution >= 0.6 is 12.2 Å². The molecule has 2 aromatic rings. The van der Waals surface area contributed by atoms with Crippen molar-refractivity contribution in [1.82, 2.24) is 14.5 Å². The number of carbonyl (C=O) groups excluding carboxylic acids is 2. The number of amides is 2. The summed E-state index contributed by atoms with van der Waals surface area (Å²) in [6.45, 7) is 1.75. The molecule has 1 saturated heterocycles. The molecule has 0 bridgehead atoms. The summed E-state index contributed by atoms with van der Waals surface area (Å²) < 4.78 is 2.02. The van der Waals surface area contributed by atoms with Gasteiger partial charge in [0.05, 0.1) is 10.9 Å². The Bertz CT molecular complexity index is 973. The molecule has 0 unspecified atom stereocenters. The van der Waals surface area contributed by atoms with E-state index in [1.54, 1.807) is 10.6 Å². The molecule has 8 heteroatoms. The lowest BCUT2D eigenvalue weighted by molar-refractivity contribution is -0.135. The molecule has 0 spiro atoms. The fourth-order valence-corrected chi connectivity index (χ4v) is 3.98. The van der Waals surface area contributed by atoms with Crippen molar-refractivity contribution in [3.63, 3.8) is 0 Å². The number of aromatic nitrogens is 2. The fraction of sp³-hybridized carbons (Fsp3) is 0.500. The van der Waals surface area contributed by atoms with Crippen LogP contribution in [0, 0.1) is 10.7 Å². The highest BCUT2D eigenvalue weighted by Gasteiger charge is 2.25. The number of unbranched alkanes of at least 4 members (excludes halogenated alkanes) is 2. The number of hydrogen-bond acceptors (Lipinski definition) is 4. The average Bonchev–Trinajstić information content (AvgIpc) is 2.69. The molecule has 7 nitrogen and oxygen atoms in total. The first-order valence-electron chi connectivity index (χ1n) is 9.76. The molecular weight excluding hydrogens is 376 g/mol. The number of rotatable bonds is 7. The highest BCUT2D eigenvalue weighted by atomic mass is 32.1. The number of para-hydroxylation sites is 1. The van der Waals surface area contributed by atoms with Crippen LogP contribution in [0.1, 0.15) is 38.5 Å². The van der Waals surface area contributed by atoms with E-state index in [1.165, 1.54) is 0 Å². The van der Waals surface area contributed by atoms with E-state index < -0.39 is 0 Å². The molecule has 0 saturated carbocycles. The van der Waals surface area contributed by atoms with Gasteiger partial charge in [-0.25, -0.2) is 0 Å². The van der Waals surface area contributed by atoms with Gasteiger partial charge in [0.2, 0.25) is 11.8 Å². The zero-order chi connectivity index (χ0) is 20.1. The summed E-state index contributed by atoms with van der Waals surface area (Å²) in [7, 11) is 0. The van der Waals surface area contributed by atoms with Crippen LogP contribution in [0.15, 0.2) is 29.1 Å². The van der Waals surface area contributed by atoms with Crippen molar-refractivity contribution in [2.24, 2.45) is 11.7 Å². The van der Waals surface area contributed by atoms with E-state index in [4.69, 9.17) is 18.0 Å². The molecule has 1 aliphatic heterocycles. The first-order chi connectivity index (χ1) is 13.5. The second-order valence-corrected chi connectivity index (χ2v) is 7.69. The molecule has 150 valence electrons. The van der Waals surface area contributed by atoms with Gasteiger partial charge in [-0.15, -0.1) is 0 Å². The quantitative estimate of drug-likeness (QED) is 0.548. The fourth-order valence-electron chi connectivity index (χ4n) is 3.70. The molecule has 0 aliphatic carbocycles. The first kappa shape index (κ1) is 20.3. The van der Waals surface area contributed by atoms with Crippen LogP contribution < -0.4 is 11.3 Å². The second kappa shape index (κ2) is 9.14. The maximum Gasteiger partial charge on any atom is 0.262 e. The van der Waals surface area contributed by atoms with Gasteiger partial charge in [0.25, 0.3) is 5.56 Å². The van der Waals surface area contributed by atoms with E-state index in [1.807, 2.05) is 23.1 Å². The molecule has 1 aliphatic rings. The van der Waals surface area contributed by atoms with Crippen molar-refractivity contribution >= 4 is 34.9 Å². The van der Waals surface area contributed by atoms with Gasteiger partial charge in [-0.05, 0) is 50.0 Å². The van der Waals surface area contributed by atoms with E-state index in [-0.39, 0.29) is 23.3 Å². The number of nitrogens with two attached hydrogens (primary N) is 1. The average molecular weight is 403 g/mol. The molecule has 2 heterocycles. The number of carbonyl (C=O) groups is 2. The maximum atomic E-state index is 12.6. The van der Waals surface area contributed by atoms with Crippen LogP contribution in [0.4, 0.5) is 0 Å². The van der Waals surface area contributed by atoms with Crippen LogP contribution in [-0.4, -0.2) is 39.4 Å². The van der Waals surface area contributed by atoms with E-state index >= 15 is 0 Å². The predicted molar refractivity (Wildman–Crippen MR) is 110 cm³/mol. The standard InChI is InChI=1S/C20H26N4O3S/c21-18(26)14-9-12-23(13-10-14)17(25)8-2-1-5-11-24-19(27)15-6-3-4-7-16(15)22-20(24)28/h3-4,6-7,14H,1-2,5,8-13H2,(H2,21,26)(H,22,28).